The first-order valence-electron chi connectivity index (χ1n) is 20.4. The molecule has 6 fully saturated rings. The van der Waals surface area contributed by atoms with E-state index >= 15 is 0 Å². The van der Waals surface area contributed by atoms with E-state index in [0.717, 1.165) is 37.7 Å². The molecule has 54 heavy (non-hydrogen) atoms. The summed E-state index contributed by atoms with van der Waals surface area (Å²) in [6.45, 7) is 14.4. The molecular formula is C41H70O13. The Hall–Kier alpha value is -0.780. The molecular weight excluding hydrogens is 700 g/mol. The van der Waals surface area contributed by atoms with Gasteiger partial charge in [0.15, 0.2) is 12.6 Å². The molecule has 6 aliphatic rings. The van der Waals surface area contributed by atoms with Crippen LogP contribution in [-0.2, 0) is 18.9 Å². The van der Waals surface area contributed by atoms with E-state index in [-0.39, 0.29) is 53.1 Å². The van der Waals surface area contributed by atoms with Gasteiger partial charge >= 0.3 is 0 Å². The number of ether oxygens (including phenoxy) is 4. The summed E-state index contributed by atoms with van der Waals surface area (Å²) in [5.41, 5.74) is -1.12. The molecule has 0 spiro atoms. The van der Waals surface area contributed by atoms with Crippen LogP contribution in [0.1, 0.15) is 106 Å². The van der Waals surface area contributed by atoms with Crippen molar-refractivity contribution in [3.63, 3.8) is 0 Å². The quantitative estimate of drug-likeness (QED) is 0.114. The van der Waals surface area contributed by atoms with E-state index in [9.17, 15) is 46.0 Å². The lowest BCUT2D eigenvalue weighted by molar-refractivity contribution is -0.371. The van der Waals surface area contributed by atoms with Gasteiger partial charge in [0.2, 0.25) is 0 Å². The number of hydrogen-bond donors (Lipinski definition) is 9. The average molecular weight is 771 g/mol. The first-order valence-corrected chi connectivity index (χ1v) is 20.4. The zero-order valence-electron chi connectivity index (χ0n) is 33.4. The first kappa shape index (κ1) is 42.8. The molecule has 9 N–H and O–H groups in total. The molecule has 0 aromatic rings. The largest absolute Gasteiger partial charge is 0.394 e. The molecule has 2 saturated heterocycles. The summed E-state index contributed by atoms with van der Waals surface area (Å²) >= 11 is 0. The second kappa shape index (κ2) is 15.4. The Kier molecular flexibility index (Phi) is 12.2. The molecule has 13 nitrogen and oxygen atoms in total. The molecule has 13 heteroatoms. The van der Waals surface area contributed by atoms with Gasteiger partial charge in [0.25, 0.3) is 0 Å². The molecule has 2 aliphatic heterocycles. The zero-order chi connectivity index (χ0) is 39.8. The third kappa shape index (κ3) is 6.86. The zero-order valence-corrected chi connectivity index (χ0v) is 33.4. The number of rotatable bonds is 10. The topological polar surface area (TPSA) is 219 Å². The fourth-order valence-electron chi connectivity index (χ4n) is 13.0. The lowest BCUT2D eigenvalue weighted by Crippen LogP contribution is -2.69. The van der Waals surface area contributed by atoms with E-state index in [0.29, 0.717) is 25.7 Å². The molecule has 0 amide bonds. The van der Waals surface area contributed by atoms with Gasteiger partial charge in [-0.25, -0.2) is 0 Å². The van der Waals surface area contributed by atoms with Gasteiger partial charge in [-0.05, 0) is 112 Å². The van der Waals surface area contributed by atoms with Gasteiger partial charge in [0, 0.05) is 5.41 Å². The molecule has 0 radical (unpaired) electrons. The highest BCUT2D eigenvalue weighted by molar-refractivity contribution is 5.21. The highest BCUT2D eigenvalue weighted by Gasteiger charge is 2.72. The normalized spacial score (nSPS) is 51.9. The van der Waals surface area contributed by atoms with Gasteiger partial charge in [-0.3, -0.25) is 0 Å². The van der Waals surface area contributed by atoms with E-state index in [1.54, 1.807) is 0 Å². The van der Waals surface area contributed by atoms with Crippen molar-refractivity contribution < 1.29 is 64.9 Å². The standard InChI is InChI=1S/C41H70O13/c1-21(18-42)9-8-14-40(6,50)23-12-16-39(5)22(23)10-11-26-38(4)15-13-29(37(2,3)27(38)17-28(45)41(26,39)7)53-36-34(32(48)31(47)25(19-43)52-36)54-35-33(49)30(46)24(44)20-51-35/h9,22-36,42-50H,8,10-20H2,1-7H3/b21-9-/t22-,23+,24+,25-,26-,27+,28+,29+,30+,31-,32+,33-,34-,35+,36+,38-,39-,40+,41+/m1/s1. The van der Waals surface area contributed by atoms with Crippen LogP contribution in [0, 0.1) is 45.3 Å². The number of aliphatic hydroxyl groups is 9. The second-order valence-electron chi connectivity index (χ2n) is 19.5. The minimum absolute atomic E-state index is 0.0210. The van der Waals surface area contributed by atoms with Crippen molar-refractivity contribution in [1.82, 2.24) is 0 Å². The molecule has 312 valence electrons. The summed E-state index contributed by atoms with van der Waals surface area (Å²) in [5.74, 6) is 0.670. The van der Waals surface area contributed by atoms with E-state index in [1.165, 1.54) is 0 Å². The number of aliphatic hydroxyl groups excluding tert-OH is 8. The molecule has 0 bridgehead atoms. The first-order chi connectivity index (χ1) is 25.2. The minimum atomic E-state index is -1.64. The van der Waals surface area contributed by atoms with Crippen molar-refractivity contribution in [3.8, 4) is 0 Å². The lowest BCUT2D eigenvalue weighted by Gasteiger charge is -2.71. The summed E-state index contributed by atoms with van der Waals surface area (Å²) in [7, 11) is 0. The molecule has 0 aromatic heterocycles. The van der Waals surface area contributed by atoms with Crippen LogP contribution in [0.5, 0.6) is 0 Å². The molecule has 0 aromatic carbocycles. The fourth-order valence-corrected chi connectivity index (χ4v) is 13.0. The summed E-state index contributed by atoms with van der Waals surface area (Å²) in [6.07, 6.45) is -4.77. The average Bonchev–Trinajstić information content (AvgIpc) is 3.49. The van der Waals surface area contributed by atoms with Gasteiger partial charge in [-0.2, -0.15) is 0 Å². The lowest BCUT2D eigenvalue weighted by atomic mass is 9.34. The number of fused-ring (bicyclic) bond motifs is 5. The van der Waals surface area contributed by atoms with Crippen molar-refractivity contribution in [3.05, 3.63) is 11.6 Å². The second-order valence-corrected chi connectivity index (χ2v) is 19.5. The van der Waals surface area contributed by atoms with Gasteiger partial charge in [-0.15, -0.1) is 0 Å². The summed E-state index contributed by atoms with van der Waals surface area (Å²) < 4.78 is 24.2. The molecule has 4 aliphatic carbocycles. The van der Waals surface area contributed by atoms with Crippen LogP contribution in [0.15, 0.2) is 11.6 Å². The molecule has 2 heterocycles. The van der Waals surface area contributed by atoms with Crippen LogP contribution < -0.4 is 0 Å². The van der Waals surface area contributed by atoms with Crippen LogP contribution in [0.3, 0.4) is 0 Å². The van der Waals surface area contributed by atoms with E-state index in [1.807, 2.05) is 19.9 Å². The van der Waals surface area contributed by atoms with E-state index in [4.69, 9.17) is 18.9 Å². The van der Waals surface area contributed by atoms with Crippen molar-refractivity contribution >= 4 is 0 Å². The maximum atomic E-state index is 12.5. The van der Waals surface area contributed by atoms with Crippen molar-refractivity contribution in [2.45, 2.75) is 179 Å². The fraction of sp³-hybridized carbons (Fsp3) is 0.951. The highest BCUT2D eigenvalue weighted by atomic mass is 16.8. The van der Waals surface area contributed by atoms with E-state index < -0.39 is 85.1 Å². The summed E-state index contributed by atoms with van der Waals surface area (Å²) in [5, 5.41) is 96.6. The third-order valence-corrected chi connectivity index (χ3v) is 16.5. The Morgan fingerprint density at radius 3 is 2.20 bits per heavy atom. The maximum Gasteiger partial charge on any atom is 0.187 e. The van der Waals surface area contributed by atoms with Crippen LogP contribution in [0.2, 0.25) is 0 Å². The van der Waals surface area contributed by atoms with Crippen LogP contribution >= 0.6 is 0 Å². The summed E-state index contributed by atoms with van der Waals surface area (Å²) in [6, 6.07) is 0. The predicted molar refractivity (Wildman–Crippen MR) is 196 cm³/mol. The van der Waals surface area contributed by atoms with Gasteiger partial charge in [0.1, 0.15) is 42.7 Å². The van der Waals surface area contributed by atoms with Crippen LogP contribution in [0.25, 0.3) is 0 Å². The SMILES string of the molecule is C/C(=C/CC[C@](C)(O)[C@H]1CC[C@]2(C)[C@@H]1CC[C@@H]1[C@@]3(C)CC[C@H](O[C@@H]4O[C@H](CO)[C@@H](O)[C@H](O)[C@H]4O[C@@H]4OC[C@H](O)[C@H](O)[C@H]4O)C(C)(C)[C@@H]3C[C@H](O)[C@]12C)CO. The molecule has 0 unspecified atom stereocenters. The predicted octanol–water partition coefficient (Wildman–Crippen LogP) is 1.76. The Labute approximate surface area is 320 Å². The maximum absolute atomic E-state index is 12.5. The third-order valence-electron chi connectivity index (χ3n) is 16.5. The van der Waals surface area contributed by atoms with Crippen LogP contribution in [-0.4, -0.2) is 139 Å². The van der Waals surface area contributed by atoms with Gasteiger partial charge < -0.3 is 64.9 Å². The highest BCUT2D eigenvalue weighted by Crippen LogP contribution is 2.76. The monoisotopic (exact) mass is 770 g/mol. The Morgan fingerprint density at radius 1 is 0.833 bits per heavy atom. The van der Waals surface area contributed by atoms with Crippen molar-refractivity contribution in [1.29, 1.82) is 0 Å². The molecule has 6 rings (SSSR count). The van der Waals surface area contributed by atoms with Crippen molar-refractivity contribution in [2.24, 2.45) is 45.3 Å². The smallest absolute Gasteiger partial charge is 0.187 e. The summed E-state index contributed by atoms with van der Waals surface area (Å²) in [4.78, 5) is 0. The van der Waals surface area contributed by atoms with Gasteiger partial charge in [-0.1, -0.05) is 46.3 Å². The minimum Gasteiger partial charge on any atom is -0.394 e. The molecule has 19 atom stereocenters. The number of hydrogen-bond acceptors (Lipinski definition) is 13. The Balaban J connectivity index is 1.22. The molecule has 4 saturated carbocycles. The Bertz CT molecular complexity index is 1340. The van der Waals surface area contributed by atoms with Gasteiger partial charge in [0.05, 0.1) is 37.6 Å². The van der Waals surface area contributed by atoms with Crippen molar-refractivity contribution in [2.75, 3.05) is 19.8 Å². The van der Waals surface area contributed by atoms with E-state index in [2.05, 4.69) is 34.6 Å². The number of allylic oxidation sites excluding steroid dienone is 1. The Morgan fingerprint density at radius 2 is 1.54 bits per heavy atom. The van der Waals surface area contributed by atoms with Crippen LogP contribution in [0.4, 0.5) is 0 Å².